The summed E-state index contributed by atoms with van der Waals surface area (Å²) in [5, 5.41) is 12.2. The average Bonchev–Trinajstić information content (AvgIpc) is 3.08. The zero-order valence-corrected chi connectivity index (χ0v) is 12.2. The van der Waals surface area contributed by atoms with E-state index in [-0.39, 0.29) is 18.1 Å². The lowest BCUT2D eigenvalue weighted by Gasteiger charge is -2.24. The first-order valence-electron chi connectivity index (χ1n) is 8.00. The van der Waals surface area contributed by atoms with Crippen LogP contribution in [0.2, 0.25) is 0 Å². The molecule has 5 nitrogen and oxygen atoms in total. The van der Waals surface area contributed by atoms with Gasteiger partial charge in [0.25, 0.3) is 0 Å². The van der Waals surface area contributed by atoms with Crippen LogP contribution in [0.25, 0.3) is 0 Å². The molecule has 0 aromatic carbocycles. The standard InChI is InChI=1S/C16H23NO4/c18-15(17-9-8-10-4-2-1-3-5-10)13-11-6-7-12(21-11)14(13)16(19)20/h4,11-14H,1-3,5-9H2,(H,17,18)(H,19,20)/t11-,12+,13-,14+/m1/s1. The van der Waals surface area contributed by atoms with E-state index >= 15 is 0 Å². The van der Waals surface area contributed by atoms with Crippen LogP contribution in [0.15, 0.2) is 11.6 Å². The van der Waals surface area contributed by atoms with Crippen molar-refractivity contribution >= 4 is 11.9 Å². The number of carbonyl (C=O) groups excluding carboxylic acids is 1. The van der Waals surface area contributed by atoms with E-state index in [0.717, 1.165) is 32.1 Å². The fourth-order valence-corrected chi connectivity index (χ4v) is 3.92. The number of aliphatic carboxylic acids is 1. The maximum atomic E-state index is 12.3. The Morgan fingerprint density at radius 2 is 2.00 bits per heavy atom. The van der Waals surface area contributed by atoms with Crippen molar-refractivity contribution in [3.05, 3.63) is 11.6 Å². The van der Waals surface area contributed by atoms with Crippen molar-refractivity contribution < 1.29 is 19.4 Å². The van der Waals surface area contributed by atoms with Crippen molar-refractivity contribution in [1.29, 1.82) is 0 Å². The zero-order valence-electron chi connectivity index (χ0n) is 12.2. The van der Waals surface area contributed by atoms with Crippen molar-refractivity contribution in [2.24, 2.45) is 11.8 Å². The van der Waals surface area contributed by atoms with Crippen LogP contribution in [-0.2, 0) is 14.3 Å². The third-order valence-corrected chi connectivity index (χ3v) is 4.99. The number of rotatable bonds is 5. The van der Waals surface area contributed by atoms with Gasteiger partial charge in [-0.1, -0.05) is 11.6 Å². The summed E-state index contributed by atoms with van der Waals surface area (Å²) < 4.78 is 5.62. The molecule has 1 aliphatic carbocycles. The molecule has 0 unspecified atom stereocenters. The van der Waals surface area contributed by atoms with Gasteiger partial charge in [-0.25, -0.2) is 0 Å². The van der Waals surface area contributed by atoms with E-state index in [2.05, 4.69) is 11.4 Å². The molecule has 0 aromatic rings. The molecule has 1 amide bonds. The second kappa shape index (κ2) is 6.18. The Morgan fingerprint density at radius 3 is 2.67 bits per heavy atom. The molecule has 2 bridgehead atoms. The van der Waals surface area contributed by atoms with E-state index < -0.39 is 17.8 Å². The zero-order chi connectivity index (χ0) is 14.8. The molecular formula is C16H23NO4. The summed E-state index contributed by atoms with van der Waals surface area (Å²) in [6.45, 7) is 0.602. The summed E-state index contributed by atoms with van der Waals surface area (Å²) in [6, 6.07) is 0. The Morgan fingerprint density at radius 1 is 1.24 bits per heavy atom. The van der Waals surface area contributed by atoms with Gasteiger partial charge in [-0.3, -0.25) is 9.59 Å². The molecule has 0 saturated carbocycles. The Bertz CT molecular complexity index is 459. The number of fused-ring (bicyclic) bond motifs is 2. The van der Waals surface area contributed by atoms with Crippen LogP contribution in [-0.4, -0.2) is 35.7 Å². The van der Waals surface area contributed by atoms with Crippen LogP contribution in [0.3, 0.4) is 0 Å². The first kappa shape index (κ1) is 14.6. The number of nitrogens with one attached hydrogen (secondary N) is 1. The molecule has 116 valence electrons. The number of carbonyl (C=O) groups is 2. The first-order valence-corrected chi connectivity index (χ1v) is 8.00. The minimum Gasteiger partial charge on any atom is -0.481 e. The fraction of sp³-hybridized carbons (Fsp3) is 0.750. The lowest BCUT2D eigenvalue weighted by atomic mass is 9.78. The molecule has 3 rings (SSSR count). The SMILES string of the molecule is O=C(O)[C@@H]1[C@H](C(=O)NCCC2=CCCCC2)[C@H]2CC[C@@H]1O2. The smallest absolute Gasteiger partial charge is 0.310 e. The van der Waals surface area contributed by atoms with Gasteiger partial charge in [0.2, 0.25) is 5.91 Å². The fourth-order valence-electron chi connectivity index (χ4n) is 3.92. The van der Waals surface area contributed by atoms with Gasteiger partial charge in [0.05, 0.1) is 24.0 Å². The van der Waals surface area contributed by atoms with Crippen molar-refractivity contribution in [3.8, 4) is 0 Å². The summed E-state index contributed by atoms with van der Waals surface area (Å²) in [7, 11) is 0. The number of carboxylic acid groups (broad SMARTS) is 1. The molecule has 0 aromatic heterocycles. The van der Waals surface area contributed by atoms with Gasteiger partial charge in [0.1, 0.15) is 0 Å². The highest BCUT2D eigenvalue weighted by Crippen LogP contribution is 2.43. The topological polar surface area (TPSA) is 75.6 Å². The molecule has 2 saturated heterocycles. The predicted octanol–water partition coefficient (Wildman–Crippen LogP) is 1.87. The molecule has 5 heteroatoms. The average molecular weight is 293 g/mol. The molecule has 4 atom stereocenters. The highest BCUT2D eigenvalue weighted by atomic mass is 16.5. The number of allylic oxidation sites excluding steroid dienone is 1. The van der Waals surface area contributed by atoms with Crippen molar-refractivity contribution in [2.75, 3.05) is 6.54 Å². The molecule has 2 heterocycles. The van der Waals surface area contributed by atoms with Crippen molar-refractivity contribution in [3.63, 3.8) is 0 Å². The molecule has 3 aliphatic rings. The van der Waals surface area contributed by atoms with Gasteiger partial charge in [0, 0.05) is 6.54 Å². The van der Waals surface area contributed by atoms with E-state index in [0.29, 0.717) is 6.54 Å². The first-order chi connectivity index (χ1) is 10.2. The molecule has 2 N–H and O–H groups in total. The van der Waals surface area contributed by atoms with Crippen LogP contribution in [0, 0.1) is 11.8 Å². The highest BCUT2D eigenvalue weighted by molar-refractivity contribution is 5.86. The van der Waals surface area contributed by atoms with Gasteiger partial charge < -0.3 is 15.2 Å². The number of carboxylic acids is 1. The van der Waals surface area contributed by atoms with Gasteiger partial charge in [-0.2, -0.15) is 0 Å². The number of hydrogen-bond acceptors (Lipinski definition) is 3. The van der Waals surface area contributed by atoms with E-state index in [1.807, 2.05) is 0 Å². The summed E-state index contributed by atoms with van der Waals surface area (Å²) in [5.74, 6) is -2.23. The summed E-state index contributed by atoms with van der Waals surface area (Å²) in [5.41, 5.74) is 1.42. The molecular weight excluding hydrogens is 270 g/mol. The molecule has 2 fully saturated rings. The van der Waals surface area contributed by atoms with Crippen LogP contribution in [0.4, 0.5) is 0 Å². The third-order valence-electron chi connectivity index (χ3n) is 4.99. The monoisotopic (exact) mass is 293 g/mol. The summed E-state index contributed by atoms with van der Waals surface area (Å²) in [6.07, 6.45) is 9.02. The normalized spacial score (nSPS) is 34.6. The van der Waals surface area contributed by atoms with Gasteiger partial charge in [-0.05, 0) is 44.9 Å². The Kier molecular flexibility index (Phi) is 4.29. The van der Waals surface area contributed by atoms with E-state index in [1.54, 1.807) is 0 Å². The minimum atomic E-state index is -0.905. The second-order valence-electron chi connectivity index (χ2n) is 6.33. The Balaban J connectivity index is 1.52. The van der Waals surface area contributed by atoms with Crippen LogP contribution in [0.5, 0.6) is 0 Å². The molecule has 0 spiro atoms. The van der Waals surface area contributed by atoms with Crippen LogP contribution >= 0.6 is 0 Å². The van der Waals surface area contributed by atoms with Crippen LogP contribution < -0.4 is 5.32 Å². The lowest BCUT2D eigenvalue weighted by Crippen LogP contribution is -2.44. The van der Waals surface area contributed by atoms with E-state index in [9.17, 15) is 14.7 Å². The minimum absolute atomic E-state index is 0.147. The highest BCUT2D eigenvalue weighted by Gasteiger charge is 2.55. The van der Waals surface area contributed by atoms with Crippen molar-refractivity contribution in [2.45, 2.75) is 57.2 Å². The summed E-state index contributed by atoms with van der Waals surface area (Å²) >= 11 is 0. The number of amides is 1. The Labute approximate surface area is 124 Å². The largest absolute Gasteiger partial charge is 0.481 e. The van der Waals surface area contributed by atoms with E-state index in [4.69, 9.17) is 4.74 Å². The van der Waals surface area contributed by atoms with Crippen LogP contribution in [0.1, 0.15) is 44.9 Å². The maximum Gasteiger partial charge on any atom is 0.310 e. The van der Waals surface area contributed by atoms with E-state index in [1.165, 1.54) is 18.4 Å². The Hall–Kier alpha value is -1.36. The molecule has 0 radical (unpaired) electrons. The van der Waals surface area contributed by atoms with Gasteiger partial charge >= 0.3 is 5.97 Å². The summed E-state index contributed by atoms with van der Waals surface area (Å²) in [4.78, 5) is 23.7. The van der Waals surface area contributed by atoms with Gasteiger partial charge in [-0.15, -0.1) is 0 Å². The number of ether oxygens (including phenoxy) is 1. The van der Waals surface area contributed by atoms with Gasteiger partial charge in [0.15, 0.2) is 0 Å². The maximum absolute atomic E-state index is 12.3. The quantitative estimate of drug-likeness (QED) is 0.759. The molecule has 21 heavy (non-hydrogen) atoms. The lowest BCUT2D eigenvalue weighted by molar-refractivity contribution is -0.147. The van der Waals surface area contributed by atoms with Crippen molar-refractivity contribution in [1.82, 2.24) is 5.32 Å². The molecule has 2 aliphatic heterocycles. The predicted molar refractivity (Wildman–Crippen MR) is 76.7 cm³/mol. The number of hydrogen-bond donors (Lipinski definition) is 2. The second-order valence-corrected chi connectivity index (χ2v) is 6.33. The third kappa shape index (κ3) is 2.98.